The van der Waals surface area contributed by atoms with Gasteiger partial charge >= 0.3 is 0 Å². The van der Waals surface area contributed by atoms with Crippen LogP contribution in [0.5, 0.6) is 0 Å². The van der Waals surface area contributed by atoms with Crippen LogP contribution in [0.15, 0.2) is 85.1 Å². The third-order valence-electron chi connectivity index (χ3n) is 6.41. The molecule has 0 spiro atoms. The normalized spacial score (nSPS) is 16.0. The lowest BCUT2D eigenvalue weighted by Gasteiger charge is -2.33. The third-order valence-corrected chi connectivity index (χ3v) is 6.41. The number of amides is 2. The van der Waals surface area contributed by atoms with E-state index in [9.17, 15) is 9.59 Å². The Kier molecular flexibility index (Phi) is 5.94. The Morgan fingerprint density at radius 3 is 2.48 bits per heavy atom. The number of carbonyl (C=O) groups is 2. The van der Waals surface area contributed by atoms with Gasteiger partial charge in [0.1, 0.15) is 0 Å². The minimum absolute atomic E-state index is 0.0608. The van der Waals surface area contributed by atoms with Gasteiger partial charge in [0.05, 0.1) is 0 Å². The highest BCUT2D eigenvalue weighted by atomic mass is 16.2. The maximum atomic E-state index is 13.0. The molecule has 2 N–H and O–H groups in total. The zero-order chi connectivity index (χ0) is 22.6. The number of fused-ring (bicyclic) bond motifs is 1. The van der Waals surface area contributed by atoms with Gasteiger partial charge in [0, 0.05) is 47.9 Å². The lowest BCUT2D eigenvalue weighted by molar-refractivity contribution is 0.0671. The molecule has 0 radical (unpaired) electrons. The van der Waals surface area contributed by atoms with E-state index >= 15 is 0 Å². The van der Waals surface area contributed by atoms with E-state index in [1.807, 2.05) is 77.8 Å². The second-order valence-electron chi connectivity index (χ2n) is 8.69. The van der Waals surface area contributed by atoms with Gasteiger partial charge in [-0.25, -0.2) is 0 Å². The summed E-state index contributed by atoms with van der Waals surface area (Å²) in [7, 11) is 0. The predicted molar refractivity (Wildman–Crippen MR) is 131 cm³/mol. The van der Waals surface area contributed by atoms with Crippen LogP contribution in [0.3, 0.4) is 0 Å². The van der Waals surface area contributed by atoms with Crippen LogP contribution in [0.25, 0.3) is 22.0 Å². The van der Waals surface area contributed by atoms with Gasteiger partial charge in [0.15, 0.2) is 0 Å². The van der Waals surface area contributed by atoms with Crippen LogP contribution in [0.4, 0.5) is 0 Å². The van der Waals surface area contributed by atoms with E-state index in [0.717, 1.165) is 41.4 Å². The highest BCUT2D eigenvalue weighted by Gasteiger charge is 2.25. The number of hydrogen-bond donors (Lipinski definition) is 2. The number of benzene rings is 3. The number of rotatable bonds is 5. The molecule has 1 saturated heterocycles. The molecule has 4 aromatic rings. The molecule has 0 saturated carbocycles. The lowest BCUT2D eigenvalue weighted by Crippen LogP contribution is -2.43. The molecular weight excluding hydrogens is 410 g/mol. The quantitative estimate of drug-likeness (QED) is 0.455. The van der Waals surface area contributed by atoms with Crippen molar-refractivity contribution in [1.29, 1.82) is 0 Å². The highest BCUT2D eigenvalue weighted by Crippen LogP contribution is 2.22. The first-order chi connectivity index (χ1) is 16.2. The van der Waals surface area contributed by atoms with Crippen LogP contribution < -0.4 is 5.32 Å². The lowest BCUT2D eigenvalue weighted by atomic mass is 9.97. The number of likely N-dealkylation sites (tertiary alicyclic amines) is 1. The third kappa shape index (κ3) is 4.67. The van der Waals surface area contributed by atoms with Crippen molar-refractivity contribution in [3.8, 4) is 11.1 Å². The van der Waals surface area contributed by atoms with Crippen molar-refractivity contribution in [2.75, 3.05) is 19.6 Å². The summed E-state index contributed by atoms with van der Waals surface area (Å²) < 4.78 is 0. The maximum absolute atomic E-state index is 13.0. The minimum Gasteiger partial charge on any atom is -0.361 e. The summed E-state index contributed by atoms with van der Waals surface area (Å²) in [6, 6.07) is 25.6. The molecule has 33 heavy (non-hydrogen) atoms. The molecule has 1 fully saturated rings. The molecule has 1 aliphatic heterocycles. The Morgan fingerprint density at radius 1 is 0.909 bits per heavy atom. The van der Waals surface area contributed by atoms with Gasteiger partial charge in [-0.05, 0) is 66.3 Å². The van der Waals surface area contributed by atoms with Gasteiger partial charge in [-0.1, -0.05) is 42.5 Å². The summed E-state index contributed by atoms with van der Waals surface area (Å²) in [6.45, 7) is 1.99. The highest BCUT2D eigenvalue weighted by molar-refractivity contribution is 5.98. The van der Waals surface area contributed by atoms with E-state index in [1.165, 1.54) is 0 Å². The zero-order valence-electron chi connectivity index (χ0n) is 18.5. The van der Waals surface area contributed by atoms with Crippen LogP contribution in [-0.4, -0.2) is 41.3 Å². The molecule has 5 rings (SSSR count). The molecule has 1 aromatic heterocycles. The number of aromatic amines is 1. The van der Waals surface area contributed by atoms with Crippen molar-refractivity contribution in [3.05, 3.63) is 96.2 Å². The molecule has 0 aliphatic carbocycles. The number of hydrogen-bond acceptors (Lipinski definition) is 2. The number of nitrogens with one attached hydrogen (secondary N) is 2. The van der Waals surface area contributed by atoms with E-state index < -0.39 is 0 Å². The molecule has 2 heterocycles. The van der Waals surface area contributed by atoms with Crippen molar-refractivity contribution in [2.45, 2.75) is 12.8 Å². The van der Waals surface area contributed by atoms with Gasteiger partial charge in [-0.3, -0.25) is 9.59 Å². The minimum atomic E-state index is -0.0732. The van der Waals surface area contributed by atoms with Crippen molar-refractivity contribution in [1.82, 2.24) is 15.2 Å². The van der Waals surface area contributed by atoms with Crippen molar-refractivity contribution < 1.29 is 9.59 Å². The molecule has 3 aromatic carbocycles. The fraction of sp³-hybridized carbons (Fsp3) is 0.214. The molecule has 2 amide bonds. The first-order valence-electron chi connectivity index (χ1n) is 11.5. The molecular formula is C28H27N3O2. The van der Waals surface area contributed by atoms with E-state index in [1.54, 1.807) is 0 Å². The van der Waals surface area contributed by atoms with Crippen LogP contribution in [0.1, 0.15) is 33.6 Å². The standard InChI is InChI=1S/C28H27N3O2/c32-27(23-10-8-22(9-11-23)21-6-2-1-3-7-21)30-18-20-5-4-16-31(19-20)28(33)25-12-13-26-24(17-25)14-15-29-26/h1-3,6-15,17,20,29H,4-5,16,18-19H2,(H,30,32). The zero-order valence-corrected chi connectivity index (χ0v) is 18.5. The Morgan fingerprint density at radius 2 is 1.67 bits per heavy atom. The topological polar surface area (TPSA) is 65.2 Å². The number of aromatic nitrogens is 1. The Labute approximate surface area is 193 Å². The van der Waals surface area contributed by atoms with Gasteiger partial charge in [-0.15, -0.1) is 0 Å². The number of H-pyrrole nitrogens is 1. The van der Waals surface area contributed by atoms with Crippen LogP contribution in [-0.2, 0) is 0 Å². The first-order valence-corrected chi connectivity index (χ1v) is 11.5. The summed E-state index contributed by atoms with van der Waals surface area (Å²) in [6.07, 6.45) is 3.84. The smallest absolute Gasteiger partial charge is 0.253 e. The molecule has 5 nitrogen and oxygen atoms in total. The van der Waals surface area contributed by atoms with Gasteiger partial charge in [-0.2, -0.15) is 0 Å². The average molecular weight is 438 g/mol. The fourth-order valence-corrected chi connectivity index (χ4v) is 4.57. The summed E-state index contributed by atoms with van der Waals surface area (Å²) in [5.74, 6) is 0.243. The Bertz CT molecular complexity index is 1260. The fourth-order valence-electron chi connectivity index (χ4n) is 4.57. The number of carbonyl (C=O) groups excluding carboxylic acids is 2. The number of nitrogens with zero attached hydrogens (tertiary/aromatic N) is 1. The van der Waals surface area contributed by atoms with Crippen molar-refractivity contribution >= 4 is 22.7 Å². The van der Waals surface area contributed by atoms with E-state index in [4.69, 9.17) is 0 Å². The monoisotopic (exact) mass is 437 g/mol. The van der Waals surface area contributed by atoms with Gasteiger partial charge in [0.25, 0.3) is 11.8 Å². The van der Waals surface area contributed by atoms with E-state index in [2.05, 4.69) is 22.4 Å². The summed E-state index contributed by atoms with van der Waals surface area (Å²) in [5.41, 5.74) is 4.62. The van der Waals surface area contributed by atoms with E-state index in [0.29, 0.717) is 24.2 Å². The summed E-state index contributed by atoms with van der Waals surface area (Å²) >= 11 is 0. The van der Waals surface area contributed by atoms with Crippen molar-refractivity contribution in [2.24, 2.45) is 5.92 Å². The van der Waals surface area contributed by atoms with Crippen molar-refractivity contribution in [3.63, 3.8) is 0 Å². The molecule has 1 aliphatic rings. The molecule has 5 heteroatoms. The largest absolute Gasteiger partial charge is 0.361 e. The van der Waals surface area contributed by atoms with Crippen LogP contribution >= 0.6 is 0 Å². The van der Waals surface area contributed by atoms with E-state index in [-0.39, 0.29) is 17.7 Å². The Hall–Kier alpha value is -3.86. The SMILES string of the molecule is O=C(NCC1CCCN(C(=O)c2ccc3[nH]ccc3c2)C1)c1ccc(-c2ccccc2)cc1. The maximum Gasteiger partial charge on any atom is 0.253 e. The second-order valence-corrected chi connectivity index (χ2v) is 8.69. The summed E-state index contributed by atoms with van der Waals surface area (Å²) in [4.78, 5) is 30.8. The van der Waals surface area contributed by atoms with Crippen LogP contribution in [0.2, 0.25) is 0 Å². The molecule has 1 unspecified atom stereocenters. The predicted octanol–water partition coefficient (Wildman–Crippen LogP) is 5.12. The number of piperidine rings is 1. The average Bonchev–Trinajstić information content (AvgIpc) is 3.36. The van der Waals surface area contributed by atoms with Crippen LogP contribution in [0, 0.1) is 5.92 Å². The first kappa shape index (κ1) is 21.0. The summed E-state index contributed by atoms with van der Waals surface area (Å²) in [5, 5.41) is 4.11. The second kappa shape index (κ2) is 9.33. The molecule has 0 bridgehead atoms. The molecule has 1 atom stereocenters. The van der Waals surface area contributed by atoms with Gasteiger partial charge in [0.2, 0.25) is 0 Å². The Balaban J connectivity index is 1.17. The molecule has 166 valence electrons. The van der Waals surface area contributed by atoms with Gasteiger partial charge < -0.3 is 15.2 Å².